The molecule has 0 radical (unpaired) electrons. The van der Waals surface area contributed by atoms with Gasteiger partial charge in [-0.25, -0.2) is 4.79 Å². The maximum absolute atomic E-state index is 14.0. The molecule has 1 unspecified atom stereocenters. The molecule has 3 rings (SSSR count). The largest absolute Gasteiger partial charge is 0.363 e. The number of nitrogens with zero attached hydrogens (tertiary/aromatic N) is 2. The van der Waals surface area contributed by atoms with Gasteiger partial charge < -0.3 is 31.3 Å². The van der Waals surface area contributed by atoms with E-state index < -0.39 is 76.3 Å². The Morgan fingerprint density at radius 2 is 1.57 bits per heavy atom. The lowest BCUT2D eigenvalue weighted by molar-refractivity contribution is -0.159. The minimum absolute atomic E-state index is 0.0625. The summed E-state index contributed by atoms with van der Waals surface area (Å²) in [5, 5.41) is 8.30. The summed E-state index contributed by atoms with van der Waals surface area (Å²) in [6, 6.07) is -4.27. The zero-order chi connectivity index (χ0) is 33.1. The van der Waals surface area contributed by atoms with Crippen molar-refractivity contribution in [2.24, 2.45) is 28.4 Å². The van der Waals surface area contributed by atoms with Gasteiger partial charge in [0.05, 0.1) is 12.1 Å². The highest BCUT2D eigenvalue weighted by atomic mass is 16.5. The van der Waals surface area contributed by atoms with Crippen LogP contribution in [0.25, 0.3) is 0 Å². The van der Waals surface area contributed by atoms with Crippen LogP contribution in [0.2, 0.25) is 0 Å². The molecule has 14 nitrogen and oxygen atoms in total. The highest BCUT2D eigenvalue weighted by Crippen LogP contribution is 2.50. The Labute approximate surface area is 258 Å². The topological polar surface area (TPSA) is 197 Å². The van der Waals surface area contributed by atoms with E-state index in [0.717, 1.165) is 17.7 Å². The third kappa shape index (κ3) is 8.33. The van der Waals surface area contributed by atoms with Crippen molar-refractivity contribution in [2.75, 3.05) is 26.3 Å². The van der Waals surface area contributed by atoms with E-state index >= 15 is 0 Å². The van der Waals surface area contributed by atoms with Crippen molar-refractivity contribution in [1.29, 1.82) is 0 Å². The summed E-state index contributed by atoms with van der Waals surface area (Å²) >= 11 is 0. The van der Waals surface area contributed by atoms with Crippen molar-refractivity contribution in [3.63, 3.8) is 0 Å². The molecule has 5 N–H and O–H groups in total. The first-order valence-electron chi connectivity index (χ1n) is 15.3. The number of Topliss-reactive ketones (excluding diaryl/α,β-unsaturated/α-hetero) is 1. The first-order chi connectivity index (χ1) is 20.4. The number of fused-ring (bicyclic) bond motifs is 1. The Morgan fingerprint density at radius 3 is 2.09 bits per heavy atom. The van der Waals surface area contributed by atoms with Crippen LogP contribution in [0, 0.1) is 22.7 Å². The maximum Gasteiger partial charge on any atom is 0.315 e. The summed E-state index contributed by atoms with van der Waals surface area (Å²) in [5.41, 5.74) is 3.89. The quantitative estimate of drug-likeness (QED) is 0.174. The predicted molar refractivity (Wildman–Crippen MR) is 158 cm³/mol. The average Bonchev–Trinajstić information content (AvgIpc) is 3.57. The van der Waals surface area contributed by atoms with Gasteiger partial charge >= 0.3 is 6.03 Å². The van der Waals surface area contributed by atoms with Crippen LogP contribution in [-0.2, 0) is 33.5 Å². The SMILES string of the molecule is CCCCC(NC(=O)[C@@H]1[C@H]2C[C@H]2CN1C(=O)[C@@H](NC(=O)N[C@H](CN1C(=O)COCC1=O)C(C)(C)C)C(C)(C)C)C(=O)C(N)=O. The number of hydrogen-bond acceptors (Lipinski definition) is 8. The summed E-state index contributed by atoms with van der Waals surface area (Å²) < 4.78 is 4.99. The molecule has 0 bridgehead atoms. The van der Waals surface area contributed by atoms with Crippen molar-refractivity contribution < 1.29 is 38.3 Å². The number of carbonyl (C=O) groups excluding carboxylic acids is 7. The Morgan fingerprint density at radius 1 is 0.955 bits per heavy atom. The lowest BCUT2D eigenvalue weighted by Crippen LogP contribution is -2.63. The number of rotatable bonds is 12. The lowest BCUT2D eigenvalue weighted by Gasteiger charge is -2.39. The van der Waals surface area contributed by atoms with Gasteiger partial charge in [0.25, 0.3) is 17.7 Å². The normalized spacial score (nSPS) is 23.8. The van der Waals surface area contributed by atoms with Gasteiger partial charge in [-0.15, -0.1) is 0 Å². The summed E-state index contributed by atoms with van der Waals surface area (Å²) in [6.07, 6.45) is 2.35. The predicted octanol–water partition coefficient (Wildman–Crippen LogP) is 0.0767. The standard InChI is InChI=1S/C30H48N6O8/c1-8-9-10-18(23(39)25(31)40)32-26(41)22-17-11-16(17)12-36(22)27(42)24(30(5,6)7)34-28(43)33-19(29(2,3)4)13-35-20(37)14-44-15-21(35)38/h16-19,22,24H,8-15H2,1-7H3,(H2,31,40)(H,32,41)(H2,33,34,43)/t16-,17-,18?,19+,22-,24+/m0/s1. The average molecular weight is 621 g/mol. The second kappa shape index (κ2) is 13.6. The number of hydrogen-bond donors (Lipinski definition) is 4. The molecule has 1 aliphatic carbocycles. The molecule has 1 saturated carbocycles. The van der Waals surface area contributed by atoms with Gasteiger partial charge in [0.1, 0.15) is 25.3 Å². The van der Waals surface area contributed by atoms with Crippen molar-refractivity contribution >= 4 is 41.4 Å². The second-order valence-electron chi connectivity index (χ2n) is 14.3. The Kier molecular flexibility index (Phi) is 10.8. The molecule has 2 saturated heterocycles. The molecule has 3 fully saturated rings. The van der Waals surface area contributed by atoms with Gasteiger partial charge in [-0.3, -0.25) is 33.7 Å². The van der Waals surface area contributed by atoms with Crippen LogP contribution in [0.4, 0.5) is 4.79 Å². The van der Waals surface area contributed by atoms with Gasteiger partial charge in [-0.2, -0.15) is 0 Å². The van der Waals surface area contributed by atoms with Gasteiger partial charge in [-0.1, -0.05) is 61.3 Å². The van der Waals surface area contributed by atoms with Crippen molar-refractivity contribution in [3.8, 4) is 0 Å². The summed E-state index contributed by atoms with van der Waals surface area (Å²) in [7, 11) is 0. The summed E-state index contributed by atoms with van der Waals surface area (Å²) in [4.78, 5) is 92.2. The van der Waals surface area contributed by atoms with E-state index in [4.69, 9.17) is 10.5 Å². The molecule has 0 aromatic carbocycles. The molecule has 0 aromatic rings. The van der Waals surface area contributed by atoms with Crippen LogP contribution < -0.4 is 21.7 Å². The van der Waals surface area contributed by atoms with Gasteiger partial charge in [-0.05, 0) is 35.5 Å². The fourth-order valence-corrected chi connectivity index (χ4v) is 5.72. The number of urea groups is 1. The number of carbonyl (C=O) groups is 7. The lowest BCUT2D eigenvalue weighted by atomic mass is 9.85. The third-order valence-electron chi connectivity index (χ3n) is 8.58. The monoisotopic (exact) mass is 620 g/mol. The number of nitrogens with two attached hydrogens (primary N) is 1. The van der Waals surface area contributed by atoms with Crippen LogP contribution in [0.3, 0.4) is 0 Å². The molecule has 7 amide bonds. The minimum atomic E-state index is -1.13. The molecule has 2 aliphatic heterocycles. The fraction of sp³-hybridized carbons (Fsp3) is 0.767. The minimum Gasteiger partial charge on any atom is -0.363 e. The number of morpholine rings is 1. The van der Waals surface area contributed by atoms with Crippen LogP contribution in [-0.4, -0.2) is 102 Å². The maximum atomic E-state index is 14.0. The Hall–Kier alpha value is -3.55. The number of primary amides is 1. The molecule has 0 aromatic heterocycles. The molecular weight excluding hydrogens is 572 g/mol. The van der Waals surface area contributed by atoms with Crippen molar-refractivity contribution in [1.82, 2.24) is 25.8 Å². The van der Waals surface area contributed by atoms with E-state index in [1.807, 2.05) is 27.7 Å². The number of ether oxygens (including phenoxy) is 1. The van der Waals surface area contributed by atoms with E-state index in [0.29, 0.717) is 13.0 Å². The van der Waals surface area contributed by atoms with Crippen molar-refractivity contribution in [2.45, 2.75) is 98.3 Å². The number of nitrogens with one attached hydrogen (secondary N) is 3. The number of amides is 7. The zero-order valence-corrected chi connectivity index (χ0v) is 26.9. The third-order valence-corrected chi connectivity index (χ3v) is 8.58. The molecular formula is C30H48N6O8. The number of piperidine rings is 1. The van der Waals surface area contributed by atoms with E-state index in [2.05, 4.69) is 16.0 Å². The van der Waals surface area contributed by atoms with Crippen LogP contribution in [0.15, 0.2) is 0 Å². The van der Waals surface area contributed by atoms with E-state index in [-0.39, 0.29) is 38.0 Å². The second-order valence-corrected chi connectivity index (χ2v) is 14.3. The molecule has 14 heteroatoms. The number of ketones is 1. The van der Waals surface area contributed by atoms with Crippen LogP contribution >= 0.6 is 0 Å². The highest BCUT2D eigenvalue weighted by Gasteiger charge is 2.58. The van der Waals surface area contributed by atoms with E-state index in [1.54, 1.807) is 20.8 Å². The first-order valence-corrected chi connectivity index (χ1v) is 15.3. The fourth-order valence-electron chi connectivity index (χ4n) is 5.72. The summed E-state index contributed by atoms with van der Waals surface area (Å²) in [6.45, 7) is 12.7. The smallest absolute Gasteiger partial charge is 0.315 e. The van der Waals surface area contributed by atoms with Gasteiger partial charge in [0, 0.05) is 13.1 Å². The molecule has 2 heterocycles. The Bertz CT molecular complexity index is 1160. The van der Waals surface area contributed by atoms with Gasteiger partial charge in [0.2, 0.25) is 17.6 Å². The summed E-state index contributed by atoms with van der Waals surface area (Å²) in [5.74, 6) is -3.93. The zero-order valence-electron chi connectivity index (χ0n) is 26.9. The van der Waals surface area contributed by atoms with Crippen molar-refractivity contribution in [3.05, 3.63) is 0 Å². The number of unbranched alkanes of at least 4 members (excludes halogenated alkanes) is 1. The molecule has 3 aliphatic rings. The number of likely N-dealkylation sites (tertiary alicyclic amines) is 1. The number of imide groups is 1. The van der Waals surface area contributed by atoms with E-state index in [9.17, 15) is 33.6 Å². The first kappa shape index (κ1) is 34.9. The molecule has 44 heavy (non-hydrogen) atoms. The Balaban J connectivity index is 1.76. The van der Waals surface area contributed by atoms with Gasteiger partial charge in [0.15, 0.2) is 0 Å². The molecule has 246 valence electrons. The highest BCUT2D eigenvalue weighted by molar-refractivity contribution is 6.37. The van der Waals surface area contributed by atoms with Crippen LogP contribution in [0.1, 0.15) is 74.1 Å². The molecule has 6 atom stereocenters. The van der Waals surface area contributed by atoms with Crippen LogP contribution in [0.5, 0.6) is 0 Å². The molecule has 0 spiro atoms. The van der Waals surface area contributed by atoms with E-state index in [1.165, 1.54) is 4.90 Å².